The molecule has 0 heterocycles. The first-order chi connectivity index (χ1) is 9.13. The van der Waals surface area contributed by atoms with Crippen molar-refractivity contribution >= 4 is 14.0 Å². The van der Waals surface area contributed by atoms with Gasteiger partial charge in [-0.25, -0.2) is 0 Å². The van der Waals surface area contributed by atoms with Gasteiger partial charge in [0, 0.05) is 19.8 Å². The standard InChI is InChI=1S/C14H24O4Si/c1-6-16-19(17-7-2,18-8-3)14-11-12(4)9-10-13(14)15-5/h9-11H,6-8H2,1-5H3. The molecule has 0 aromatic heterocycles. The average molecular weight is 284 g/mol. The molecule has 0 bridgehead atoms. The molecule has 0 N–H and O–H groups in total. The minimum Gasteiger partial charge on any atom is -0.497 e. The number of methoxy groups -OCH3 is 1. The smallest absolute Gasteiger partial charge is 0.497 e. The van der Waals surface area contributed by atoms with Crippen molar-refractivity contribution in [2.24, 2.45) is 0 Å². The van der Waals surface area contributed by atoms with Gasteiger partial charge < -0.3 is 18.0 Å². The molecule has 0 aliphatic carbocycles. The molecule has 1 aromatic rings. The maximum absolute atomic E-state index is 5.91. The summed E-state index contributed by atoms with van der Waals surface area (Å²) in [4.78, 5) is 0. The van der Waals surface area contributed by atoms with E-state index in [1.165, 1.54) is 0 Å². The molecule has 5 heteroatoms. The third-order valence-corrected chi connectivity index (χ3v) is 5.74. The summed E-state index contributed by atoms with van der Waals surface area (Å²) in [6.07, 6.45) is 0. The van der Waals surface area contributed by atoms with E-state index in [1.807, 2.05) is 45.9 Å². The van der Waals surface area contributed by atoms with Crippen molar-refractivity contribution in [2.45, 2.75) is 27.7 Å². The molecule has 0 atom stereocenters. The highest BCUT2D eigenvalue weighted by atomic mass is 28.4. The third-order valence-electron chi connectivity index (χ3n) is 2.69. The fraction of sp³-hybridized carbons (Fsp3) is 0.571. The third kappa shape index (κ3) is 3.79. The van der Waals surface area contributed by atoms with Crippen molar-refractivity contribution in [3.63, 3.8) is 0 Å². The van der Waals surface area contributed by atoms with Gasteiger partial charge >= 0.3 is 8.80 Å². The van der Waals surface area contributed by atoms with Crippen LogP contribution in [-0.4, -0.2) is 35.7 Å². The van der Waals surface area contributed by atoms with E-state index in [0.29, 0.717) is 19.8 Å². The van der Waals surface area contributed by atoms with Crippen LogP contribution >= 0.6 is 0 Å². The predicted octanol–water partition coefficient (Wildman–Crippen LogP) is 2.26. The number of ether oxygens (including phenoxy) is 1. The lowest BCUT2D eigenvalue weighted by Crippen LogP contribution is -2.57. The summed E-state index contributed by atoms with van der Waals surface area (Å²) in [5.41, 5.74) is 1.13. The van der Waals surface area contributed by atoms with E-state index in [4.69, 9.17) is 18.0 Å². The summed E-state index contributed by atoms with van der Waals surface area (Å²) in [5, 5.41) is 0.903. The zero-order chi connectivity index (χ0) is 14.3. The van der Waals surface area contributed by atoms with Crippen molar-refractivity contribution in [1.82, 2.24) is 0 Å². The lowest BCUT2D eigenvalue weighted by Gasteiger charge is -2.29. The van der Waals surface area contributed by atoms with E-state index < -0.39 is 8.80 Å². The van der Waals surface area contributed by atoms with Crippen LogP contribution in [-0.2, 0) is 13.3 Å². The van der Waals surface area contributed by atoms with Crippen LogP contribution in [0.3, 0.4) is 0 Å². The summed E-state index contributed by atoms with van der Waals surface area (Å²) in [6, 6.07) is 5.97. The van der Waals surface area contributed by atoms with Crippen LogP contribution < -0.4 is 9.92 Å². The fourth-order valence-corrected chi connectivity index (χ4v) is 4.74. The van der Waals surface area contributed by atoms with Crippen molar-refractivity contribution in [3.05, 3.63) is 23.8 Å². The van der Waals surface area contributed by atoms with Crippen LogP contribution in [0.25, 0.3) is 0 Å². The molecule has 0 unspecified atom stereocenters. The van der Waals surface area contributed by atoms with Gasteiger partial charge in [-0.1, -0.05) is 11.6 Å². The molecule has 0 radical (unpaired) electrons. The van der Waals surface area contributed by atoms with E-state index >= 15 is 0 Å². The Morgan fingerprint density at radius 3 is 1.89 bits per heavy atom. The summed E-state index contributed by atoms with van der Waals surface area (Å²) in [6.45, 7) is 9.51. The number of aryl methyl sites for hydroxylation is 1. The zero-order valence-electron chi connectivity index (χ0n) is 12.5. The highest BCUT2D eigenvalue weighted by molar-refractivity contribution is 6.76. The van der Waals surface area contributed by atoms with Crippen LogP contribution in [0.4, 0.5) is 0 Å². The van der Waals surface area contributed by atoms with Crippen LogP contribution in [0.15, 0.2) is 18.2 Å². The molecule has 0 saturated carbocycles. The first-order valence-electron chi connectivity index (χ1n) is 6.70. The Morgan fingerprint density at radius 2 is 1.47 bits per heavy atom. The van der Waals surface area contributed by atoms with Gasteiger partial charge in [0.2, 0.25) is 0 Å². The second-order valence-corrected chi connectivity index (χ2v) is 6.58. The molecule has 0 aliphatic rings. The van der Waals surface area contributed by atoms with Crippen molar-refractivity contribution < 1.29 is 18.0 Å². The first-order valence-corrected chi connectivity index (χ1v) is 8.42. The lowest BCUT2D eigenvalue weighted by molar-refractivity contribution is 0.0853. The van der Waals surface area contributed by atoms with Gasteiger partial charge in [-0.2, -0.15) is 0 Å². The normalized spacial score (nSPS) is 11.6. The van der Waals surface area contributed by atoms with Gasteiger partial charge in [-0.15, -0.1) is 0 Å². The maximum atomic E-state index is 5.91. The predicted molar refractivity (Wildman–Crippen MR) is 78.0 cm³/mol. The largest absolute Gasteiger partial charge is 0.541 e. The zero-order valence-corrected chi connectivity index (χ0v) is 13.5. The Bertz CT molecular complexity index is 378. The minimum absolute atomic E-state index is 0.545. The molecule has 1 aromatic carbocycles. The molecule has 0 aliphatic heterocycles. The maximum Gasteiger partial charge on any atom is 0.541 e. The number of rotatable bonds is 8. The van der Waals surface area contributed by atoms with E-state index in [1.54, 1.807) is 7.11 Å². The molecule has 0 amide bonds. The van der Waals surface area contributed by atoms with E-state index in [9.17, 15) is 0 Å². The molecule has 19 heavy (non-hydrogen) atoms. The second kappa shape index (κ2) is 7.64. The summed E-state index contributed by atoms with van der Waals surface area (Å²) in [7, 11) is -1.24. The second-order valence-electron chi connectivity index (χ2n) is 4.06. The lowest BCUT2D eigenvalue weighted by atomic mass is 10.2. The molecule has 108 valence electrons. The molecule has 0 spiro atoms. The Balaban J connectivity index is 3.31. The van der Waals surface area contributed by atoms with Crippen LogP contribution in [0.1, 0.15) is 26.3 Å². The first kappa shape index (κ1) is 16.2. The van der Waals surface area contributed by atoms with Crippen LogP contribution in [0.2, 0.25) is 0 Å². The molecular formula is C14H24O4Si. The van der Waals surface area contributed by atoms with Crippen molar-refractivity contribution in [2.75, 3.05) is 26.9 Å². The van der Waals surface area contributed by atoms with Crippen molar-refractivity contribution in [1.29, 1.82) is 0 Å². The summed E-state index contributed by atoms with van der Waals surface area (Å²) in [5.74, 6) is 0.757. The van der Waals surface area contributed by atoms with E-state index in [0.717, 1.165) is 16.5 Å². The van der Waals surface area contributed by atoms with Gasteiger partial charge in [0.1, 0.15) is 5.75 Å². The Morgan fingerprint density at radius 1 is 0.947 bits per heavy atom. The average Bonchev–Trinajstić information content (AvgIpc) is 2.39. The van der Waals surface area contributed by atoms with E-state index in [-0.39, 0.29) is 0 Å². The topological polar surface area (TPSA) is 36.9 Å². The number of hydrogen-bond acceptors (Lipinski definition) is 4. The van der Waals surface area contributed by atoms with E-state index in [2.05, 4.69) is 0 Å². The molecule has 1 rings (SSSR count). The Labute approximate surface area is 117 Å². The van der Waals surface area contributed by atoms with Gasteiger partial charge in [0.25, 0.3) is 0 Å². The minimum atomic E-state index is -2.89. The quantitative estimate of drug-likeness (QED) is 0.686. The molecule has 0 saturated heterocycles. The van der Waals surface area contributed by atoms with Crippen molar-refractivity contribution in [3.8, 4) is 5.75 Å². The van der Waals surface area contributed by atoms with Gasteiger partial charge in [0.15, 0.2) is 0 Å². The Kier molecular flexibility index (Phi) is 6.51. The summed E-state index contributed by atoms with van der Waals surface area (Å²) < 4.78 is 23.2. The Hall–Kier alpha value is -0.883. The van der Waals surface area contributed by atoms with Gasteiger partial charge in [0.05, 0.1) is 12.3 Å². The number of benzene rings is 1. The molecule has 4 nitrogen and oxygen atoms in total. The highest BCUT2D eigenvalue weighted by Gasteiger charge is 2.45. The highest BCUT2D eigenvalue weighted by Crippen LogP contribution is 2.19. The summed E-state index contributed by atoms with van der Waals surface area (Å²) >= 11 is 0. The monoisotopic (exact) mass is 284 g/mol. The SMILES string of the molecule is CCO[Si](OCC)(OCC)c1cc(C)ccc1OC. The fourth-order valence-electron chi connectivity index (χ4n) is 1.99. The van der Waals surface area contributed by atoms with Gasteiger partial charge in [-0.05, 0) is 39.8 Å². The molecule has 0 fully saturated rings. The van der Waals surface area contributed by atoms with Crippen LogP contribution in [0.5, 0.6) is 5.75 Å². The van der Waals surface area contributed by atoms with Gasteiger partial charge in [-0.3, -0.25) is 0 Å². The van der Waals surface area contributed by atoms with Crippen LogP contribution in [0, 0.1) is 6.92 Å². The molecular weight excluding hydrogens is 260 g/mol. The number of hydrogen-bond donors (Lipinski definition) is 0.